The minimum Gasteiger partial charge on any atom is -0.373 e. The lowest BCUT2D eigenvalue weighted by atomic mass is 9.75. The number of hydrogen-bond acceptors (Lipinski definition) is 3. The first kappa shape index (κ1) is 15.0. The summed E-state index contributed by atoms with van der Waals surface area (Å²) >= 11 is 1.89. The molecule has 0 N–H and O–H groups in total. The molecule has 0 bridgehead atoms. The van der Waals surface area contributed by atoms with Gasteiger partial charge in [-0.15, -0.1) is 11.8 Å². The van der Waals surface area contributed by atoms with Crippen LogP contribution in [0.25, 0.3) is 0 Å². The molecule has 118 valence electrons. The maximum atomic E-state index is 12.0. The second-order valence-corrected chi connectivity index (χ2v) is 7.56. The summed E-state index contributed by atoms with van der Waals surface area (Å²) in [6, 6.07) is 0. The van der Waals surface area contributed by atoms with Crippen molar-refractivity contribution in [2.24, 2.45) is 11.8 Å². The molecule has 3 atom stereocenters. The third-order valence-electron chi connectivity index (χ3n) is 4.75. The Labute approximate surface area is 141 Å². The fourth-order valence-electron chi connectivity index (χ4n) is 3.62. The molecule has 0 saturated carbocycles. The largest absolute Gasteiger partial charge is 0.373 e. The second kappa shape index (κ2) is 6.14. The molecule has 4 rings (SSSR count). The molecular weight excluding hydrogens is 304 g/mol. The van der Waals surface area contributed by atoms with Crippen LogP contribution in [-0.4, -0.2) is 24.2 Å². The van der Waals surface area contributed by atoms with E-state index in [0.29, 0.717) is 17.9 Å². The molecule has 3 heteroatoms. The van der Waals surface area contributed by atoms with E-state index in [-0.39, 0.29) is 5.78 Å². The van der Waals surface area contributed by atoms with Crippen molar-refractivity contribution in [1.29, 1.82) is 0 Å². The minimum absolute atomic E-state index is 0.0994. The van der Waals surface area contributed by atoms with Crippen LogP contribution in [0.15, 0.2) is 70.2 Å². The lowest BCUT2D eigenvalue weighted by Crippen LogP contribution is -2.21. The van der Waals surface area contributed by atoms with E-state index >= 15 is 0 Å². The van der Waals surface area contributed by atoms with Gasteiger partial charge in [0.2, 0.25) is 0 Å². The van der Waals surface area contributed by atoms with Gasteiger partial charge in [-0.3, -0.25) is 4.79 Å². The number of allylic oxidation sites excluding steroid dienone is 11. The van der Waals surface area contributed by atoms with Crippen LogP contribution in [0.3, 0.4) is 0 Å². The van der Waals surface area contributed by atoms with Crippen molar-refractivity contribution in [3.63, 3.8) is 0 Å². The van der Waals surface area contributed by atoms with Gasteiger partial charge in [-0.05, 0) is 53.0 Å². The van der Waals surface area contributed by atoms with Gasteiger partial charge in [-0.1, -0.05) is 37.3 Å². The molecule has 0 aromatic rings. The third kappa shape index (κ3) is 2.96. The van der Waals surface area contributed by atoms with Gasteiger partial charge in [-0.25, -0.2) is 0 Å². The van der Waals surface area contributed by atoms with Crippen molar-refractivity contribution in [2.75, 3.05) is 12.4 Å². The Morgan fingerprint density at radius 2 is 2.09 bits per heavy atom. The van der Waals surface area contributed by atoms with Crippen LogP contribution >= 0.6 is 11.8 Å². The predicted octanol–water partition coefficient (Wildman–Crippen LogP) is 4.15. The van der Waals surface area contributed by atoms with E-state index in [1.54, 1.807) is 6.08 Å². The highest BCUT2D eigenvalue weighted by Gasteiger charge is 2.37. The molecule has 2 nitrogen and oxygen atoms in total. The fourth-order valence-corrected chi connectivity index (χ4v) is 4.51. The third-order valence-corrected chi connectivity index (χ3v) is 5.70. The van der Waals surface area contributed by atoms with Crippen molar-refractivity contribution >= 4 is 17.5 Å². The summed E-state index contributed by atoms with van der Waals surface area (Å²) in [5, 5.41) is 0. The van der Waals surface area contributed by atoms with Gasteiger partial charge in [-0.2, -0.15) is 0 Å². The summed E-state index contributed by atoms with van der Waals surface area (Å²) in [6.45, 7) is 3.04. The molecule has 1 aliphatic heterocycles. The Morgan fingerprint density at radius 3 is 2.87 bits per heavy atom. The van der Waals surface area contributed by atoms with Gasteiger partial charge in [0.15, 0.2) is 5.78 Å². The van der Waals surface area contributed by atoms with Crippen molar-refractivity contribution < 1.29 is 9.53 Å². The molecule has 2 unspecified atom stereocenters. The van der Waals surface area contributed by atoms with Crippen LogP contribution in [0.2, 0.25) is 0 Å². The average Bonchev–Trinajstić information content (AvgIpc) is 3.38. The van der Waals surface area contributed by atoms with E-state index in [0.717, 1.165) is 18.8 Å². The first-order chi connectivity index (χ1) is 11.3. The zero-order chi connectivity index (χ0) is 15.8. The average molecular weight is 324 g/mol. The molecule has 1 fully saturated rings. The molecule has 4 aliphatic rings. The van der Waals surface area contributed by atoms with Crippen LogP contribution in [0.5, 0.6) is 0 Å². The molecule has 1 saturated heterocycles. The second-order valence-electron chi connectivity index (χ2n) is 6.26. The SMILES string of the molecule is CCSC1=C2C=CC=CC2C(C[C@@H]2CO2)C2=CC(=O)C=CC2=C1. The number of hydrogen-bond donors (Lipinski definition) is 0. The highest BCUT2D eigenvalue weighted by Crippen LogP contribution is 2.46. The summed E-state index contributed by atoms with van der Waals surface area (Å²) in [5.41, 5.74) is 3.76. The summed E-state index contributed by atoms with van der Waals surface area (Å²) in [5.74, 6) is 1.79. The van der Waals surface area contributed by atoms with Crippen LogP contribution < -0.4 is 0 Å². The standard InChI is InChI=1S/C20H20O2S/c1-2-23-20-9-13-7-8-14(21)10-18(13)19(11-15-12-22-15)16-5-3-4-6-17(16)20/h3-10,15-16,19H,2,11-12H2,1H3/t15-,16?,19?/m1/s1. The predicted molar refractivity (Wildman–Crippen MR) is 95.1 cm³/mol. The summed E-state index contributed by atoms with van der Waals surface area (Å²) < 4.78 is 5.50. The Hall–Kier alpha value is -1.58. The molecular formula is C20H20O2S. The van der Waals surface area contributed by atoms with Crippen LogP contribution in [0.4, 0.5) is 0 Å². The van der Waals surface area contributed by atoms with Crippen LogP contribution in [0.1, 0.15) is 13.3 Å². The first-order valence-electron chi connectivity index (χ1n) is 8.25. The minimum atomic E-state index is 0.0994. The normalized spacial score (nSPS) is 31.3. The van der Waals surface area contributed by atoms with E-state index in [2.05, 4.69) is 37.3 Å². The van der Waals surface area contributed by atoms with E-state index in [9.17, 15) is 4.79 Å². The quantitative estimate of drug-likeness (QED) is 0.728. The van der Waals surface area contributed by atoms with Crippen molar-refractivity contribution in [3.05, 3.63) is 70.2 Å². The Kier molecular flexibility index (Phi) is 4.00. The Morgan fingerprint density at radius 1 is 1.22 bits per heavy atom. The van der Waals surface area contributed by atoms with Crippen LogP contribution in [-0.2, 0) is 9.53 Å². The van der Waals surface area contributed by atoms with Crippen LogP contribution in [0, 0.1) is 11.8 Å². The first-order valence-corrected chi connectivity index (χ1v) is 9.24. The fraction of sp³-hybridized carbons (Fsp3) is 0.350. The van der Waals surface area contributed by atoms with Gasteiger partial charge in [0.1, 0.15) is 0 Å². The number of epoxide rings is 1. The molecule has 0 aromatic heterocycles. The van der Waals surface area contributed by atoms with E-state index in [1.165, 1.54) is 21.6 Å². The van der Waals surface area contributed by atoms with Gasteiger partial charge < -0.3 is 4.74 Å². The van der Waals surface area contributed by atoms with E-state index in [1.807, 2.05) is 23.9 Å². The Bertz CT molecular complexity index is 714. The summed E-state index contributed by atoms with van der Waals surface area (Å²) in [7, 11) is 0. The molecule has 1 heterocycles. The maximum absolute atomic E-state index is 12.0. The highest BCUT2D eigenvalue weighted by atomic mass is 32.2. The molecule has 0 spiro atoms. The number of thioether (sulfide) groups is 1. The molecule has 23 heavy (non-hydrogen) atoms. The van der Waals surface area contributed by atoms with Gasteiger partial charge in [0, 0.05) is 10.8 Å². The lowest BCUT2D eigenvalue weighted by molar-refractivity contribution is -0.110. The van der Waals surface area contributed by atoms with Gasteiger partial charge in [0.25, 0.3) is 0 Å². The monoisotopic (exact) mass is 324 g/mol. The molecule has 0 aromatic carbocycles. The number of carbonyl (C=O) groups excluding carboxylic acids is 1. The zero-order valence-corrected chi connectivity index (χ0v) is 14.0. The smallest absolute Gasteiger partial charge is 0.178 e. The number of fused-ring (bicyclic) bond motifs is 2. The number of rotatable bonds is 4. The molecule has 0 radical (unpaired) electrons. The maximum Gasteiger partial charge on any atom is 0.178 e. The highest BCUT2D eigenvalue weighted by molar-refractivity contribution is 8.03. The lowest BCUT2D eigenvalue weighted by Gasteiger charge is -2.29. The van der Waals surface area contributed by atoms with E-state index < -0.39 is 0 Å². The van der Waals surface area contributed by atoms with E-state index in [4.69, 9.17) is 4.74 Å². The molecule has 0 amide bonds. The Balaban J connectivity index is 1.83. The molecule has 3 aliphatic carbocycles. The number of carbonyl (C=O) groups is 1. The van der Waals surface area contributed by atoms with Gasteiger partial charge in [0.05, 0.1) is 12.7 Å². The van der Waals surface area contributed by atoms with Crippen molar-refractivity contribution in [3.8, 4) is 0 Å². The van der Waals surface area contributed by atoms with Crippen molar-refractivity contribution in [1.82, 2.24) is 0 Å². The zero-order valence-electron chi connectivity index (χ0n) is 13.2. The van der Waals surface area contributed by atoms with Crippen molar-refractivity contribution in [2.45, 2.75) is 19.4 Å². The number of ketones is 1. The summed E-state index contributed by atoms with van der Waals surface area (Å²) in [4.78, 5) is 13.3. The topological polar surface area (TPSA) is 29.6 Å². The summed E-state index contributed by atoms with van der Waals surface area (Å²) in [6.07, 6.45) is 17.9. The number of ether oxygens (including phenoxy) is 1. The van der Waals surface area contributed by atoms with Gasteiger partial charge >= 0.3 is 0 Å².